The van der Waals surface area contributed by atoms with Crippen molar-refractivity contribution in [1.29, 1.82) is 0 Å². The van der Waals surface area contributed by atoms with Gasteiger partial charge >= 0.3 is 7.12 Å². The van der Waals surface area contributed by atoms with Crippen molar-refractivity contribution < 1.29 is 18.8 Å². The first-order valence-electron chi connectivity index (χ1n) is 10.0. The average Bonchev–Trinajstić information content (AvgIpc) is 3.02. The number of ether oxygens (including phenoxy) is 2. The van der Waals surface area contributed by atoms with E-state index >= 15 is 0 Å². The Morgan fingerprint density at radius 2 is 1.96 bits per heavy atom. The standard InChI is InChI=1S/C21H30BClO4/c1-20(2)15-11-17(20)21(3)18(12-15)26-22(27-21)19(23)9-10-25-13-14-5-7-16(24-4)8-6-14/h5-8,15,17-19H,9-13H2,1-4H3/t15-,17-,18+,19+,21-/m0/s1. The van der Waals surface area contributed by atoms with Gasteiger partial charge in [0.1, 0.15) is 5.75 Å². The van der Waals surface area contributed by atoms with E-state index in [9.17, 15) is 0 Å². The number of rotatable bonds is 7. The molecule has 0 unspecified atom stereocenters. The Balaban J connectivity index is 1.24. The highest BCUT2D eigenvalue weighted by Gasteiger charge is 2.68. The van der Waals surface area contributed by atoms with Crippen LogP contribution >= 0.6 is 11.6 Å². The highest BCUT2D eigenvalue weighted by molar-refractivity contribution is 6.59. The lowest BCUT2D eigenvalue weighted by Gasteiger charge is -2.64. The normalized spacial score (nSPS) is 34.7. The fraction of sp³-hybridized carbons (Fsp3) is 0.714. The minimum Gasteiger partial charge on any atom is -0.497 e. The summed E-state index contributed by atoms with van der Waals surface area (Å²) in [5.41, 5.74) is 1.28. The fourth-order valence-electron chi connectivity index (χ4n) is 5.30. The van der Waals surface area contributed by atoms with Crippen LogP contribution in [-0.4, -0.2) is 37.8 Å². The third-order valence-electron chi connectivity index (χ3n) is 7.23. The van der Waals surface area contributed by atoms with Gasteiger partial charge in [0.2, 0.25) is 0 Å². The Morgan fingerprint density at radius 1 is 1.22 bits per heavy atom. The maximum Gasteiger partial charge on any atom is 0.476 e. The van der Waals surface area contributed by atoms with Crippen molar-refractivity contribution in [3.63, 3.8) is 0 Å². The number of benzene rings is 1. The second kappa shape index (κ2) is 7.25. The quantitative estimate of drug-likeness (QED) is 0.389. The molecule has 5 rings (SSSR count). The second-order valence-corrected chi connectivity index (χ2v) is 9.60. The zero-order valence-electron chi connectivity index (χ0n) is 16.7. The molecular formula is C21H30BClO4. The summed E-state index contributed by atoms with van der Waals surface area (Å²) in [7, 11) is 1.33. The van der Waals surface area contributed by atoms with Crippen LogP contribution in [0.5, 0.6) is 5.75 Å². The molecule has 0 radical (unpaired) electrons. The van der Waals surface area contributed by atoms with E-state index in [1.54, 1.807) is 7.11 Å². The van der Waals surface area contributed by atoms with Gasteiger partial charge in [-0.3, -0.25) is 0 Å². The monoisotopic (exact) mass is 392 g/mol. The Hall–Kier alpha value is -0.745. The third kappa shape index (κ3) is 3.41. The van der Waals surface area contributed by atoms with Crippen molar-refractivity contribution in [2.45, 2.75) is 63.6 Å². The molecule has 0 amide bonds. The molecule has 27 heavy (non-hydrogen) atoms. The number of methoxy groups -OCH3 is 1. The van der Waals surface area contributed by atoms with Crippen LogP contribution in [0, 0.1) is 17.3 Å². The molecule has 1 saturated heterocycles. The highest BCUT2D eigenvalue weighted by atomic mass is 35.5. The van der Waals surface area contributed by atoms with Crippen LogP contribution in [0.1, 0.15) is 45.6 Å². The van der Waals surface area contributed by atoms with Crippen LogP contribution in [0.3, 0.4) is 0 Å². The van der Waals surface area contributed by atoms with Crippen molar-refractivity contribution in [2.75, 3.05) is 13.7 Å². The predicted molar refractivity (Wildman–Crippen MR) is 107 cm³/mol. The summed E-state index contributed by atoms with van der Waals surface area (Å²) in [5.74, 6) is 2.17. The van der Waals surface area contributed by atoms with Gasteiger partial charge in [-0.15, -0.1) is 11.6 Å². The smallest absolute Gasteiger partial charge is 0.476 e. The Bertz CT molecular complexity index is 667. The summed E-state index contributed by atoms with van der Waals surface area (Å²) in [6.45, 7) is 8.12. The summed E-state index contributed by atoms with van der Waals surface area (Å²) in [5, 5.41) is -0.191. The molecule has 3 saturated carbocycles. The van der Waals surface area contributed by atoms with Crippen molar-refractivity contribution in [3.8, 4) is 5.75 Å². The summed E-state index contributed by atoms with van der Waals surface area (Å²) in [6, 6.07) is 7.91. The average molecular weight is 393 g/mol. The SMILES string of the molecule is COc1ccc(COCC[C@@H](Cl)B2O[C@@H]3C[C@@H]4C[C@@H](C4(C)C)[C@]3(C)O2)cc1. The zero-order valence-corrected chi connectivity index (χ0v) is 17.5. The van der Waals surface area contributed by atoms with Crippen molar-refractivity contribution in [1.82, 2.24) is 0 Å². The molecule has 1 heterocycles. The summed E-state index contributed by atoms with van der Waals surface area (Å²) < 4.78 is 23.6. The molecule has 4 fully saturated rings. The number of halogens is 1. The highest BCUT2D eigenvalue weighted by Crippen LogP contribution is 2.65. The van der Waals surface area contributed by atoms with Crippen LogP contribution in [0.25, 0.3) is 0 Å². The zero-order chi connectivity index (χ0) is 19.2. The summed E-state index contributed by atoms with van der Waals surface area (Å²) in [4.78, 5) is 0. The topological polar surface area (TPSA) is 36.9 Å². The van der Waals surface area contributed by atoms with E-state index in [0.717, 1.165) is 23.7 Å². The third-order valence-corrected chi connectivity index (χ3v) is 7.65. The van der Waals surface area contributed by atoms with Crippen LogP contribution in [0.4, 0.5) is 0 Å². The molecule has 1 aromatic carbocycles. The lowest BCUT2D eigenvalue weighted by molar-refractivity contribution is -0.199. The number of hydrogen-bond donors (Lipinski definition) is 0. The Morgan fingerprint density at radius 3 is 2.63 bits per heavy atom. The summed E-state index contributed by atoms with van der Waals surface area (Å²) >= 11 is 6.62. The lowest BCUT2D eigenvalue weighted by Crippen LogP contribution is -2.65. The maximum absolute atomic E-state index is 6.62. The van der Waals surface area contributed by atoms with E-state index in [4.69, 9.17) is 30.4 Å². The van der Waals surface area contributed by atoms with Crippen LogP contribution in [0.15, 0.2) is 24.3 Å². The van der Waals surface area contributed by atoms with E-state index in [1.165, 1.54) is 6.42 Å². The van der Waals surface area contributed by atoms with Gasteiger partial charge in [0.05, 0.1) is 30.7 Å². The largest absolute Gasteiger partial charge is 0.497 e. The molecule has 2 bridgehead atoms. The van der Waals surface area contributed by atoms with Gasteiger partial charge in [-0.1, -0.05) is 26.0 Å². The van der Waals surface area contributed by atoms with Gasteiger partial charge in [-0.05, 0) is 61.1 Å². The minimum absolute atomic E-state index is 0.181. The van der Waals surface area contributed by atoms with E-state index in [-0.39, 0.29) is 24.1 Å². The molecule has 3 aliphatic carbocycles. The molecule has 1 aromatic rings. The second-order valence-electron chi connectivity index (χ2n) is 9.04. The van der Waals surface area contributed by atoms with Crippen LogP contribution < -0.4 is 4.74 Å². The van der Waals surface area contributed by atoms with Crippen molar-refractivity contribution in [2.24, 2.45) is 17.3 Å². The Labute approximate surface area is 168 Å². The van der Waals surface area contributed by atoms with E-state index in [2.05, 4.69) is 20.8 Å². The molecule has 0 N–H and O–H groups in total. The van der Waals surface area contributed by atoms with Crippen molar-refractivity contribution in [3.05, 3.63) is 29.8 Å². The maximum atomic E-state index is 6.62. The van der Waals surface area contributed by atoms with Crippen molar-refractivity contribution >= 4 is 18.7 Å². The van der Waals surface area contributed by atoms with E-state index in [1.807, 2.05) is 24.3 Å². The number of hydrogen-bond acceptors (Lipinski definition) is 4. The van der Waals surface area contributed by atoms with Gasteiger partial charge in [0, 0.05) is 6.61 Å². The fourth-order valence-corrected chi connectivity index (χ4v) is 5.50. The first-order chi connectivity index (χ1) is 12.8. The lowest BCUT2D eigenvalue weighted by atomic mass is 9.43. The number of alkyl halides is 1. The minimum atomic E-state index is -0.332. The molecular weight excluding hydrogens is 362 g/mol. The van der Waals surface area contributed by atoms with Gasteiger partial charge in [0.25, 0.3) is 0 Å². The van der Waals surface area contributed by atoms with E-state index < -0.39 is 0 Å². The van der Waals surface area contributed by atoms with Gasteiger partial charge in [-0.25, -0.2) is 0 Å². The molecule has 0 aromatic heterocycles. The van der Waals surface area contributed by atoms with Gasteiger partial charge in [-0.2, -0.15) is 0 Å². The van der Waals surface area contributed by atoms with Gasteiger partial charge < -0.3 is 18.8 Å². The molecule has 1 aliphatic heterocycles. The van der Waals surface area contributed by atoms with E-state index in [0.29, 0.717) is 31.0 Å². The molecule has 0 spiro atoms. The first-order valence-corrected chi connectivity index (χ1v) is 10.5. The molecule has 6 heteroatoms. The van der Waals surface area contributed by atoms with Gasteiger partial charge in [0.15, 0.2) is 0 Å². The van der Waals surface area contributed by atoms with Crippen LogP contribution in [-0.2, 0) is 20.7 Å². The summed E-state index contributed by atoms with van der Waals surface area (Å²) in [6.07, 6.45) is 3.24. The first kappa shape index (κ1) is 19.6. The van der Waals surface area contributed by atoms with Crippen LogP contribution in [0.2, 0.25) is 0 Å². The molecule has 5 atom stereocenters. The molecule has 4 nitrogen and oxygen atoms in total. The Kier molecular flexibility index (Phi) is 5.26. The molecule has 148 valence electrons. The molecule has 4 aliphatic rings. The predicted octanol–water partition coefficient (Wildman–Crippen LogP) is 4.48.